The van der Waals surface area contributed by atoms with E-state index in [0.29, 0.717) is 31.0 Å². The van der Waals surface area contributed by atoms with Crippen LogP contribution in [0.4, 0.5) is 0 Å². The average molecular weight is 324 g/mol. The molecule has 2 fully saturated rings. The number of rotatable bonds is 5. The largest absolute Gasteiger partial charge is 0.381 e. The van der Waals surface area contributed by atoms with Crippen LogP contribution in [-0.2, 0) is 19.1 Å². The summed E-state index contributed by atoms with van der Waals surface area (Å²) in [5.74, 6) is 0.0967. The summed E-state index contributed by atoms with van der Waals surface area (Å²) in [6, 6.07) is 0.254. The molecule has 0 aromatic rings. The van der Waals surface area contributed by atoms with E-state index in [1.807, 2.05) is 0 Å². The lowest BCUT2D eigenvalue weighted by molar-refractivity contribution is -0.121. The van der Waals surface area contributed by atoms with E-state index in [4.69, 9.17) is 9.47 Å². The van der Waals surface area contributed by atoms with Crippen LogP contribution in [0.1, 0.15) is 19.3 Å². The van der Waals surface area contributed by atoms with Gasteiger partial charge in [0.1, 0.15) is 5.71 Å². The molecule has 23 heavy (non-hydrogen) atoms. The van der Waals surface area contributed by atoms with E-state index in [1.165, 1.54) is 0 Å². The van der Waals surface area contributed by atoms with Crippen molar-refractivity contribution in [3.63, 3.8) is 0 Å². The monoisotopic (exact) mass is 324 g/mol. The molecule has 2 saturated heterocycles. The number of hydrazone groups is 1. The molecule has 3 heterocycles. The van der Waals surface area contributed by atoms with Crippen molar-refractivity contribution >= 4 is 17.5 Å². The first-order chi connectivity index (χ1) is 11.2. The molecule has 0 aromatic carbocycles. The lowest BCUT2D eigenvalue weighted by Gasteiger charge is -2.37. The van der Waals surface area contributed by atoms with Crippen molar-refractivity contribution < 1.29 is 19.1 Å². The normalized spacial score (nSPS) is 27.2. The first-order valence-electron chi connectivity index (χ1n) is 8.27. The maximum atomic E-state index is 12.2. The Balaban J connectivity index is 1.57. The Morgan fingerprint density at radius 1 is 1.30 bits per heavy atom. The standard InChI is InChI=1S/C15H24N4O4/c20-14-2-1-12(17-18-14)15(21)16-9-13(11-3-6-23-10-11)19-4-7-22-8-5-19/h11,13H,1-10H2,(H,16,21)(H,18,20)/t11-,13+/m1/s1. The lowest BCUT2D eigenvalue weighted by Crippen LogP contribution is -2.53. The maximum Gasteiger partial charge on any atom is 0.267 e. The summed E-state index contributed by atoms with van der Waals surface area (Å²) in [6.07, 6.45) is 1.73. The van der Waals surface area contributed by atoms with Crippen LogP contribution in [0.3, 0.4) is 0 Å². The summed E-state index contributed by atoms with van der Waals surface area (Å²) in [4.78, 5) is 25.7. The Labute approximate surface area is 135 Å². The first kappa shape index (κ1) is 16.4. The van der Waals surface area contributed by atoms with Gasteiger partial charge in [0.2, 0.25) is 5.91 Å². The van der Waals surface area contributed by atoms with Crippen molar-refractivity contribution in [1.29, 1.82) is 0 Å². The van der Waals surface area contributed by atoms with Gasteiger partial charge in [-0.15, -0.1) is 0 Å². The second kappa shape index (κ2) is 7.85. The number of hydrogen-bond donors (Lipinski definition) is 2. The van der Waals surface area contributed by atoms with Crippen molar-refractivity contribution in [2.75, 3.05) is 46.1 Å². The third-order valence-electron chi connectivity index (χ3n) is 4.66. The molecule has 2 amide bonds. The molecule has 0 aromatic heterocycles. The van der Waals surface area contributed by atoms with E-state index < -0.39 is 0 Å². The molecular weight excluding hydrogens is 300 g/mol. The number of carbonyl (C=O) groups is 2. The molecule has 0 aliphatic carbocycles. The van der Waals surface area contributed by atoms with Gasteiger partial charge in [-0.05, 0) is 6.42 Å². The number of amides is 2. The molecule has 2 atom stereocenters. The Morgan fingerprint density at radius 2 is 2.13 bits per heavy atom. The smallest absolute Gasteiger partial charge is 0.267 e. The van der Waals surface area contributed by atoms with Gasteiger partial charge in [-0.2, -0.15) is 5.10 Å². The number of carbonyl (C=O) groups excluding carboxylic acids is 2. The predicted octanol–water partition coefficient (Wildman–Crippen LogP) is -0.894. The molecule has 0 saturated carbocycles. The zero-order chi connectivity index (χ0) is 16.1. The van der Waals surface area contributed by atoms with Crippen molar-refractivity contribution in [2.24, 2.45) is 11.0 Å². The van der Waals surface area contributed by atoms with Crippen LogP contribution in [0.5, 0.6) is 0 Å². The third-order valence-corrected chi connectivity index (χ3v) is 4.66. The quantitative estimate of drug-likeness (QED) is 0.684. The van der Waals surface area contributed by atoms with Crippen LogP contribution < -0.4 is 10.7 Å². The summed E-state index contributed by atoms with van der Waals surface area (Å²) < 4.78 is 10.9. The highest BCUT2D eigenvalue weighted by Crippen LogP contribution is 2.21. The van der Waals surface area contributed by atoms with Gasteiger partial charge in [-0.3, -0.25) is 14.5 Å². The highest BCUT2D eigenvalue weighted by molar-refractivity contribution is 6.39. The fourth-order valence-electron chi connectivity index (χ4n) is 3.30. The van der Waals surface area contributed by atoms with Crippen molar-refractivity contribution in [3.05, 3.63) is 0 Å². The summed E-state index contributed by atoms with van der Waals surface area (Å²) in [6.45, 7) is 5.34. The van der Waals surface area contributed by atoms with Crippen LogP contribution in [0, 0.1) is 5.92 Å². The third kappa shape index (κ3) is 4.27. The molecule has 3 rings (SSSR count). The van der Waals surface area contributed by atoms with Crippen LogP contribution in [0.25, 0.3) is 0 Å². The summed E-state index contributed by atoms with van der Waals surface area (Å²) in [5.41, 5.74) is 2.76. The molecule has 2 N–H and O–H groups in total. The molecule has 3 aliphatic heterocycles. The van der Waals surface area contributed by atoms with Gasteiger partial charge in [-0.25, -0.2) is 5.43 Å². The van der Waals surface area contributed by atoms with Gasteiger partial charge < -0.3 is 14.8 Å². The summed E-state index contributed by atoms with van der Waals surface area (Å²) >= 11 is 0. The van der Waals surface area contributed by atoms with E-state index in [9.17, 15) is 9.59 Å². The molecule has 0 radical (unpaired) electrons. The lowest BCUT2D eigenvalue weighted by atomic mass is 9.96. The van der Waals surface area contributed by atoms with Crippen LogP contribution in [0.15, 0.2) is 5.10 Å². The van der Waals surface area contributed by atoms with Crippen LogP contribution >= 0.6 is 0 Å². The Kier molecular flexibility index (Phi) is 5.58. The van der Waals surface area contributed by atoms with Gasteiger partial charge in [-0.1, -0.05) is 0 Å². The SMILES string of the molecule is O=C1CCC(C(=O)NC[C@@H]([C@@H]2CCOC2)N2CCOCC2)=NN1. The highest BCUT2D eigenvalue weighted by atomic mass is 16.5. The van der Waals surface area contributed by atoms with E-state index in [1.54, 1.807) is 0 Å². The average Bonchev–Trinajstić information content (AvgIpc) is 3.11. The second-order valence-corrected chi connectivity index (χ2v) is 6.14. The summed E-state index contributed by atoms with van der Waals surface area (Å²) in [7, 11) is 0. The number of ether oxygens (including phenoxy) is 2. The van der Waals surface area contributed by atoms with Crippen molar-refractivity contribution in [3.8, 4) is 0 Å². The van der Waals surface area contributed by atoms with Gasteiger partial charge in [0.25, 0.3) is 5.91 Å². The topological polar surface area (TPSA) is 92.3 Å². The van der Waals surface area contributed by atoms with Crippen molar-refractivity contribution in [1.82, 2.24) is 15.6 Å². The molecule has 8 nitrogen and oxygen atoms in total. The van der Waals surface area contributed by atoms with Gasteiger partial charge in [0, 0.05) is 51.0 Å². The van der Waals surface area contributed by atoms with Crippen molar-refractivity contribution in [2.45, 2.75) is 25.3 Å². The highest BCUT2D eigenvalue weighted by Gasteiger charge is 2.32. The zero-order valence-corrected chi connectivity index (χ0v) is 13.3. The number of nitrogens with zero attached hydrogens (tertiary/aromatic N) is 2. The minimum atomic E-state index is -0.192. The van der Waals surface area contributed by atoms with E-state index >= 15 is 0 Å². The molecule has 0 bridgehead atoms. The first-order valence-corrected chi connectivity index (χ1v) is 8.27. The molecule has 0 spiro atoms. The summed E-state index contributed by atoms with van der Waals surface area (Å²) in [5, 5.41) is 6.83. The molecule has 0 unspecified atom stereocenters. The maximum absolute atomic E-state index is 12.2. The number of hydrogen-bond acceptors (Lipinski definition) is 6. The Bertz CT molecular complexity index is 470. The number of nitrogens with one attached hydrogen (secondary N) is 2. The van der Waals surface area contributed by atoms with Gasteiger partial charge >= 0.3 is 0 Å². The fraction of sp³-hybridized carbons (Fsp3) is 0.800. The van der Waals surface area contributed by atoms with E-state index in [0.717, 1.165) is 45.9 Å². The van der Waals surface area contributed by atoms with E-state index in [-0.39, 0.29) is 17.9 Å². The van der Waals surface area contributed by atoms with E-state index in [2.05, 4.69) is 20.7 Å². The minimum Gasteiger partial charge on any atom is -0.381 e. The molecule has 8 heteroatoms. The van der Waals surface area contributed by atoms with Gasteiger partial charge in [0.05, 0.1) is 19.8 Å². The zero-order valence-electron chi connectivity index (χ0n) is 13.3. The fourth-order valence-corrected chi connectivity index (χ4v) is 3.30. The Hall–Kier alpha value is -1.51. The predicted molar refractivity (Wildman–Crippen MR) is 82.9 cm³/mol. The second-order valence-electron chi connectivity index (χ2n) is 6.14. The van der Waals surface area contributed by atoms with Crippen LogP contribution in [0.2, 0.25) is 0 Å². The van der Waals surface area contributed by atoms with Gasteiger partial charge in [0.15, 0.2) is 0 Å². The minimum absolute atomic E-state index is 0.143. The van der Waals surface area contributed by atoms with Crippen LogP contribution in [-0.4, -0.2) is 74.5 Å². The Morgan fingerprint density at radius 3 is 2.78 bits per heavy atom. The molecular formula is C15H24N4O4. The molecule has 128 valence electrons. The number of morpholine rings is 1. The molecule has 3 aliphatic rings.